The number of β-amino-alcohol motifs (C(OH)–C–C–N with tert-alkyl or cyclic N) is 1. The van der Waals surface area contributed by atoms with E-state index in [0.29, 0.717) is 19.6 Å². The summed E-state index contributed by atoms with van der Waals surface area (Å²) in [6.07, 6.45) is -0.401. The van der Waals surface area contributed by atoms with Gasteiger partial charge in [0.25, 0.3) is 0 Å². The number of likely N-dealkylation sites (N-methyl/N-ethyl adjacent to an activating group) is 1. The molecule has 0 radical (unpaired) electrons. The van der Waals surface area contributed by atoms with Crippen molar-refractivity contribution in [1.82, 2.24) is 9.80 Å². The first-order valence-corrected chi connectivity index (χ1v) is 7.93. The molecule has 1 fully saturated rings. The van der Waals surface area contributed by atoms with Crippen LogP contribution in [-0.4, -0.2) is 70.9 Å². The van der Waals surface area contributed by atoms with E-state index in [1.165, 1.54) is 0 Å². The van der Waals surface area contributed by atoms with E-state index in [9.17, 15) is 9.90 Å². The Balaban J connectivity index is 1.95. The van der Waals surface area contributed by atoms with Crippen molar-refractivity contribution in [2.75, 3.05) is 26.7 Å². The monoisotopic (exact) mass is 322 g/mol. The Kier molecular flexibility index (Phi) is 5.98. The van der Waals surface area contributed by atoms with Gasteiger partial charge in [-0.25, -0.2) is 0 Å². The van der Waals surface area contributed by atoms with Crippen LogP contribution in [0.2, 0.25) is 0 Å². The van der Waals surface area contributed by atoms with E-state index in [0.717, 1.165) is 11.3 Å². The van der Waals surface area contributed by atoms with E-state index in [1.54, 1.807) is 11.9 Å². The summed E-state index contributed by atoms with van der Waals surface area (Å²) in [6.45, 7) is 5.83. The first-order valence-electron chi connectivity index (χ1n) is 7.93. The summed E-state index contributed by atoms with van der Waals surface area (Å²) < 4.78 is 5.70. The standard InChI is InChI=1S/C17H26N2O4/c1-12(2)23-14-6-4-5-13(7-14)8-19-9-15(16(20)10-19)18(3)11-17(21)22/h4-7,12,15-16,20H,8-11H2,1-3H3,(H,21,22)/t15-,16-/m1/s1. The molecule has 1 saturated heterocycles. The number of aliphatic hydroxyl groups excluding tert-OH is 1. The highest BCUT2D eigenvalue weighted by Crippen LogP contribution is 2.20. The molecule has 0 aromatic heterocycles. The summed E-state index contributed by atoms with van der Waals surface area (Å²) in [7, 11) is 1.74. The van der Waals surface area contributed by atoms with Crippen molar-refractivity contribution in [3.05, 3.63) is 29.8 Å². The second-order valence-electron chi connectivity index (χ2n) is 6.45. The maximum atomic E-state index is 10.8. The quantitative estimate of drug-likeness (QED) is 0.781. The zero-order valence-electron chi connectivity index (χ0n) is 14.0. The van der Waals surface area contributed by atoms with Gasteiger partial charge in [-0.15, -0.1) is 0 Å². The lowest BCUT2D eigenvalue weighted by Crippen LogP contribution is -2.43. The summed E-state index contributed by atoms with van der Waals surface area (Å²) in [6, 6.07) is 7.80. The Labute approximate surface area is 137 Å². The van der Waals surface area contributed by atoms with Crippen molar-refractivity contribution in [3.63, 3.8) is 0 Å². The smallest absolute Gasteiger partial charge is 0.317 e. The third kappa shape index (κ3) is 5.20. The maximum absolute atomic E-state index is 10.8. The zero-order valence-corrected chi connectivity index (χ0v) is 14.0. The van der Waals surface area contributed by atoms with Gasteiger partial charge in [0.2, 0.25) is 0 Å². The molecule has 128 valence electrons. The number of benzene rings is 1. The average molecular weight is 322 g/mol. The lowest BCUT2D eigenvalue weighted by atomic mass is 10.2. The van der Waals surface area contributed by atoms with E-state index in [2.05, 4.69) is 4.90 Å². The molecule has 2 N–H and O–H groups in total. The number of rotatable bonds is 7. The van der Waals surface area contributed by atoms with Gasteiger partial charge in [-0.3, -0.25) is 14.6 Å². The van der Waals surface area contributed by atoms with Crippen molar-refractivity contribution in [2.45, 2.75) is 38.6 Å². The summed E-state index contributed by atoms with van der Waals surface area (Å²) >= 11 is 0. The Morgan fingerprint density at radius 2 is 2.17 bits per heavy atom. The van der Waals surface area contributed by atoms with Gasteiger partial charge in [-0.05, 0) is 38.6 Å². The molecule has 6 heteroatoms. The number of nitrogens with zero attached hydrogens (tertiary/aromatic N) is 2. The summed E-state index contributed by atoms with van der Waals surface area (Å²) in [5.41, 5.74) is 1.12. The first kappa shape index (κ1) is 17.7. The Morgan fingerprint density at radius 1 is 1.43 bits per heavy atom. The van der Waals surface area contributed by atoms with Gasteiger partial charge in [-0.1, -0.05) is 12.1 Å². The SMILES string of the molecule is CC(C)Oc1cccc(CN2C[C@@H](O)[C@H](N(C)CC(=O)O)C2)c1. The fraction of sp³-hybridized carbons (Fsp3) is 0.588. The van der Waals surface area contributed by atoms with Gasteiger partial charge < -0.3 is 14.9 Å². The second-order valence-corrected chi connectivity index (χ2v) is 6.45. The van der Waals surface area contributed by atoms with Crippen molar-refractivity contribution >= 4 is 5.97 Å². The number of hydrogen-bond acceptors (Lipinski definition) is 5. The first-order chi connectivity index (χ1) is 10.8. The molecule has 2 rings (SSSR count). The minimum atomic E-state index is -0.878. The number of likely N-dealkylation sites (tertiary alicyclic amines) is 1. The maximum Gasteiger partial charge on any atom is 0.317 e. The van der Waals surface area contributed by atoms with Crippen LogP contribution in [0.1, 0.15) is 19.4 Å². The normalized spacial score (nSPS) is 22.0. The third-order valence-electron chi connectivity index (χ3n) is 3.96. The van der Waals surface area contributed by atoms with Crippen LogP contribution < -0.4 is 4.74 Å². The van der Waals surface area contributed by atoms with Crippen LogP contribution in [0.5, 0.6) is 5.75 Å². The van der Waals surface area contributed by atoms with E-state index in [4.69, 9.17) is 9.84 Å². The molecule has 23 heavy (non-hydrogen) atoms. The number of aliphatic carboxylic acids is 1. The predicted molar refractivity (Wildman–Crippen MR) is 87.5 cm³/mol. The van der Waals surface area contributed by atoms with E-state index < -0.39 is 12.1 Å². The number of aliphatic hydroxyl groups is 1. The van der Waals surface area contributed by atoms with Crippen LogP contribution in [0.15, 0.2) is 24.3 Å². The van der Waals surface area contributed by atoms with E-state index in [-0.39, 0.29) is 18.7 Å². The van der Waals surface area contributed by atoms with Crippen molar-refractivity contribution in [1.29, 1.82) is 0 Å². The highest BCUT2D eigenvalue weighted by molar-refractivity contribution is 5.69. The largest absolute Gasteiger partial charge is 0.491 e. The number of ether oxygens (including phenoxy) is 1. The molecule has 1 aromatic carbocycles. The Morgan fingerprint density at radius 3 is 2.83 bits per heavy atom. The minimum Gasteiger partial charge on any atom is -0.491 e. The average Bonchev–Trinajstić information content (AvgIpc) is 2.78. The van der Waals surface area contributed by atoms with Crippen LogP contribution in [0, 0.1) is 0 Å². The van der Waals surface area contributed by atoms with Gasteiger partial charge in [0, 0.05) is 25.7 Å². The highest BCUT2D eigenvalue weighted by atomic mass is 16.5. The molecule has 0 spiro atoms. The molecule has 0 unspecified atom stereocenters. The summed E-state index contributed by atoms with van der Waals surface area (Å²) in [5, 5.41) is 19.1. The lowest BCUT2D eigenvalue weighted by molar-refractivity contribution is -0.138. The van der Waals surface area contributed by atoms with Gasteiger partial charge in [0.15, 0.2) is 0 Å². The van der Waals surface area contributed by atoms with Crippen molar-refractivity contribution < 1.29 is 19.7 Å². The van der Waals surface area contributed by atoms with E-state index in [1.807, 2.05) is 38.1 Å². The van der Waals surface area contributed by atoms with Crippen LogP contribution in [0.4, 0.5) is 0 Å². The van der Waals surface area contributed by atoms with Gasteiger partial charge in [-0.2, -0.15) is 0 Å². The molecular weight excluding hydrogens is 296 g/mol. The molecule has 6 nitrogen and oxygen atoms in total. The predicted octanol–water partition coefficient (Wildman–Crippen LogP) is 1.04. The van der Waals surface area contributed by atoms with Gasteiger partial charge >= 0.3 is 5.97 Å². The highest BCUT2D eigenvalue weighted by Gasteiger charge is 2.34. The third-order valence-corrected chi connectivity index (χ3v) is 3.96. The zero-order chi connectivity index (χ0) is 17.0. The van der Waals surface area contributed by atoms with Crippen molar-refractivity contribution in [2.24, 2.45) is 0 Å². The Bertz CT molecular complexity index is 535. The summed E-state index contributed by atoms with van der Waals surface area (Å²) in [5.74, 6) is -0.0338. The van der Waals surface area contributed by atoms with Gasteiger partial charge in [0.1, 0.15) is 5.75 Å². The van der Waals surface area contributed by atoms with E-state index >= 15 is 0 Å². The minimum absolute atomic E-state index is 0.0622. The molecular formula is C17H26N2O4. The number of carbonyl (C=O) groups is 1. The molecule has 2 atom stereocenters. The lowest BCUT2D eigenvalue weighted by Gasteiger charge is -2.24. The summed E-state index contributed by atoms with van der Waals surface area (Å²) in [4.78, 5) is 14.7. The molecule has 0 saturated carbocycles. The fourth-order valence-electron chi connectivity index (χ4n) is 2.99. The molecule has 0 amide bonds. The molecule has 0 bridgehead atoms. The van der Waals surface area contributed by atoms with Crippen LogP contribution in [-0.2, 0) is 11.3 Å². The van der Waals surface area contributed by atoms with Crippen LogP contribution >= 0.6 is 0 Å². The second kappa shape index (κ2) is 7.77. The molecule has 1 aliphatic heterocycles. The molecule has 0 aliphatic carbocycles. The Hall–Kier alpha value is -1.63. The van der Waals surface area contributed by atoms with Gasteiger partial charge in [0.05, 0.1) is 18.8 Å². The van der Waals surface area contributed by atoms with Crippen LogP contribution in [0.25, 0.3) is 0 Å². The topological polar surface area (TPSA) is 73.2 Å². The number of carboxylic acids is 1. The molecule has 1 aliphatic rings. The van der Waals surface area contributed by atoms with Crippen LogP contribution in [0.3, 0.4) is 0 Å². The van der Waals surface area contributed by atoms with Crippen molar-refractivity contribution in [3.8, 4) is 5.75 Å². The number of carboxylic acid groups (broad SMARTS) is 1. The fourth-order valence-corrected chi connectivity index (χ4v) is 2.99. The molecule has 1 heterocycles. The number of hydrogen-bond donors (Lipinski definition) is 2. The molecule has 1 aromatic rings.